The second-order valence-electron chi connectivity index (χ2n) is 5.66. The van der Waals surface area contributed by atoms with E-state index < -0.39 is 0 Å². The molecule has 0 atom stereocenters. The molecule has 0 aromatic rings. The van der Waals surface area contributed by atoms with Gasteiger partial charge in [-0.1, -0.05) is 13.8 Å². The van der Waals surface area contributed by atoms with E-state index in [9.17, 15) is 0 Å². The zero-order chi connectivity index (χ0) is 10.8. The molecule has 1 rings (SSSR count). The van der Waals surface area contributed by atoms with Gasteiger partial charge in [-0.25, -0.2) is 0 Å². The van der Waals surface area contributed by atoms with E-state index in [0.29, 0.717) is 0 Å². The minimum absolute atomic E-state index is 0.0853. The largest absolute Gasteiger partial charge is 0.379 e. The standard InChI is InChI=1S/C13H26O/c1-10(2)11-6-8-12(9-7-11)13(3,4)14-5/h10-12H,6-9H2,1-5H3. The van der Waals surface area contributed by atoms with Gasteiger partial charge in [-0.3, -0.25) is 0 Å². The fourth-order valence-electron chi connectivity index (χ4n) is 2.65. The van der Waals surface area contributed by atoms with E-state index in [1.54, 1.807) is 0 Å². The Labute approximate surface area is 89.2 Å². The molecule has 0 saturated heterocycles. The van der Waals surface area contributed by atoms with Crippen molar-refractivity contribution in [3.63, 3.8) is 0 Å². The summed E-state index contributed by atoms with van der Waals surface area (Å²) in [6, 6.07) is 0. The highest BCUT2D eigenvalue weighted by atomic mass is 16.5. The number of rotatable bonds is 3. The lowest BCUT2D eigenvalue weighted by atomic mass is 9.72. The number of methoxy groups -OCH3 is 1. The molecule has 1 fully saturated rings. The summed E-state index contributed by atoms with van der Waals surface area (Å²) in [5.74, 6) is 2.59. The van der Waals surface area contributed by atoms with Gasteiger partial charge < -0.3 is 4.74 Å². The van der Waals surface area contributed by atoms with Crippen LogP contribution in [0.15, 0.2) is 0 Å². The van der Waals surface area contributed by atoms with Crippen LogP contribution >= 0.6 is 0 Å². The summed E-state index contributed by atoms with van der Waals surface area (Å²) in [7, 11) is 1.84. The van der Waals surface area contributed by atoms with Gasteiger partial charge in [-0.05, 0) is 57.3 Å². The van der Waals surface area contributed by atoms with Crippen LogP contribution in [0.3, 0.4) is 0 Å². The SMILES string of the molecule is COC(C)(C)C1CCC(C(C)C)CC1. The molecule has 0 bridgehead atoms. The summed E-state index contributed by atoms with van der Waals surface area (Å²) in [6.45, 7) is 9.17. The molecule has 0 aromatic heterocycles. The van der Waals surface area contributed by atoms with Crippen molar-refractivity contribution in [2.24, 2.45) is 17.8 Å². The first-order valence-corrected chi connectivity index (χ1v) is 6.02. The Hall–Kier alpha value is -0.0400. The molecule has 1 saturated carbocycles. The maximum atomic E-state index is 5.57. The third kappa shape index (κ3) is 2.73. The van der Waals surface area contributed by atoms with Crippen LogP contribution in [0.25, 0.3) is 0 Å². The quantitative estimate of drug-likeness (QED) is 0.669. The lowest BCUT2D eigenvalue weighted by molar-refractivity contribution is -0.0465. The van der Waals surface area contributed by atoms with E-state index in [1.807, 2.05) is 7.11 Å². The highest BCUT2D eigenvalue weighted by Gasteiger charge is 2.33. The Balaban J connectivity index is 2.43. The van der Waals surface area contributed by atoms with Crippen LogP contribution in [0, 0.1) is 17.8 Å². The van der Waals surface area contributed by atoms with E-state index in [1.165, 1.54) is 25.7 Å². The topological polar surface area (TPSA) is 9.23 Å². The second-order valence-corrected chi connectivity index (χ2v) is 5.66. The van der Waals surface area contributed by atoms with E-state index in [4.69, 9.17) is 4.74 Å². The molecule has 1 heteroatoms. The van der Waals surface area contributed by atoms with Crippen molar-refractivity contribution in [2.45, 2.75) is 59.0 Å². The van der Waals surface area contributed by atoms with Gasteiger partial charge in [0.15, 0.2) is 0 Å². The molecule has 0 N–H and O–H groups in total. The third-order valence-electron chi connectivity index (χ3n) is 4.22. The Morgan fingerprint density at radius 3 is 1.93 bits per heavy atom. The highest BCUT2D eigenvalue weighted by Crippen LogP contribution is 2.39. The van der Waals surface area contributed by atoms with Crippen molar-refractivity contribution in [1.82, 2.24) is 0 Å². The van der Waals surface area contributed by atoms with Crippen LogP contribution in [0.2, 0.25) is 0 Å². The minimum atomic E-state index is 0.0853. The van der Waals surface area contributed by atoms with Gasteiger partial charge in [0.25, 0.3) is 0 Å². The monoisotopic (exact) mass is 198 g/mol. The summed E-state index contributed by atoms with van der Waals surface area (Å²) < 4.78 is 5.57. The average Bonchev–Trinajstić information content (AvgIpc) is 2.18. The molecule has 0 unspecified atom stereocenters. The van der Waals surface area contributed by atoms with E-state index in [-0.39, 0.29) is 5.60 Å². The molecule has 0 amide bonds. The van der Waals surface area contributed by atoms with E-state index in [0.717, 1.165) is 17.8 Å². The summed E-state index contributed by atoms with van der Waals surface area (Å²) in [5.41, 5.74) is 0.0853. The predicted octanol–water partition coefficient (Wildman–Crippen LogP) is 3.87. The molecule has 84 valence electrons. The van der Waals surface area contributed by atoms with Crippen LogP contribution in [-0.2, 0) is 4.74 Å². The van der Waals surface area contributed by atoms with Crippen molar-refractivity contribution in [1.29, 1.82) is 0 Å². The predicted molar refractivity (Wildman–Crippen MR) is 61.4 cm³/mol. The lowest BCUT2D eigenvalue weighted by Gasteiger charge is -2.39. The molecule has 0 heterocycles. The van der Waals surface area contributed by atoms with Gasteiger partial charge >= 0.3 is 0 Å². The van der Waals surface area contributed by atoms with Crippen molar-refractivity contribution >= 4 is 0 Å². The summed E-state index contributed by atoms with van der Waals surface area (Å²) >= 11 is 0. The highest BCUT2D eigenvalue weighted by molar-refractivity contribution is 4.84. The summed E-state index contributed by atoms with van der Waals surface area (Å²) in [4.78, 5) is 0. The first-order valence-electron chi connectivity index (χ1n) is 6.02. The normalized spacial score (nSPS) is 29.6. The van der Waals surface area contributed by atoms with Crippen molar-refractivity contribution in [3.8, 4) is 0 Å². The molecule has 0 aromatic carbocycles. The van der Waals surface area contributed by atoms with Crippen molar-refractivity contribution in [3.05, 3.63) is 0 Å². The number of ether oxygens (including phenoxy) is 1. The molecule has 14 heavy (non-hydrogen) atoms. The Bertz CT molecular complexity index is 164. The van der Waals surface area contributed by atoms with Crippen molar-refractivity contribution in [2.75, 3.05) is 7.11 Å². The van der Waals surface area contributed by atoms with Crippen LogP contribution in [0.4, 0.5) is 0 Å². The lowest BCUT2D eigenvalue weighted by Crippen LogP contribution is -2.36. The molecule has 0 spiro atoms. The molecule has 1 aliphatic carbocycles. The molecule has 0 aliphatic heterocycles. The second kappa shape index (κ2) is 4.65. The van der Waals surface area contributed by atoms with Crippen LogP contribution in [0.5, 0.6) is 0 Å². The van der Waals surface area contributed by atoms with Gasteiger partial charge in [0.05, 0.1) is 5.60 Å². The van der Waals surface area contributed by atoms with E-state index in [2.05, 4.69) is 27.7 Å². The molecule has 1 nitrogen and oxygen atoms in total. The molecular weight excluding hydrogens is 172 g/mol. The summed E-state index contributed by atoms with van der Waals surface area (Å²) in [6.07, 6.45) is 5.50. The summed E-state index contributed by atoms with van der Waals surface area (Å²) in [5, 5.41) is 0. The Morgan fingerprint density at radius 2 is 1.57 bits per heavy atom. The minimum Gasteiger partial charge on any atom is -0.379 e. The number of hydrogen-bond donors (Lipinski definition) is 0. The van der Waals surface area contributed by atoms with Gasteiger partial charge in [0, 0.05) is 7.11 Å². The van der Waals surface area contributed by atoms with Crippen LogP contribution in [0.1, 0.15) is 53.4 Å². The average molecular weight is 198 g/mol. The van der Waals surface area contributed by atoms with Gasteiger partial charge in [-0.2, -0.15) is 0 Å². The first-order chi connectivity index (χ1) is 6.47. The first kappa shape index (κ1) is 12.0. The molecule has 0 radical (unpaired) electrons. The number of hydrogen-bond acceptors (Lipinski definition) is 1. The fourth-order valence-corrected chi connectivity index (χ4v) is 2.65. The van der Waals surface area contributed by atoms with Gasteiger partial charge in [0.2, 0.25) is 0 Å². The van der Waals surface area contributed by atoms with Crippen molar-refractivity contribution < 1.29 is 4.74 Å². The molecular formula is C13H26O. The smallest absolute Gasteiger partial charge is 0.0650 e. The van der Waals surface area contributed by atoms with Gasteiger partial charge in [-0.15, -0.1) is 0 Å². The maximum absolute atomic E-state index is 5.57. The third-order valence-corrected chi connectivity index (χ3v) is 4.22. The Morgan fingerprint density at radius 1 is 1.07 bits per heavy atom. The zero-order valence-electron chi connectivity index (χ0n) is 10.5. The van der Waals surface area contributed by atoms with E-state index >= 15 is 0 Å². The van der Waals surface area contributed by atoms with Gasteiger partial charge in [0.1, 0.15) is 0 Å². The van der Waals surface area contributed by atoms with Crippen LogP contribution < -0.4 is 0 Å². The maximum Gasteiger partial charge on any atom is 0.0650 e. The molecule has 1 aliphatic rings. The zero-order valence-corrected chi connectivity index (χ0v) is 10.5. The Kier molecular flexibility index (Phi) is 4.00. The fraction of sp³-hybridized carbons (Fsp3) is 1.00. The van der Waals surface area contributed by atoms with Crippen LogP contribution in [-0.4, -0.2) is 12.7 Å².